The van der Waals surface area contributed by atoms with Crippen LogP contribution in [0, 0.1) is 3.57 Å². The number of rotatable bonds is 3. The van der Waals surface area contributed by atoms with Crippen molar-refractivity contribution < 1.29 is 9.47 Å². The Morgan fingerprint density at radius 1 is 1.00 bits per heavy atom. The summed E-state index contributed by atoms with van der Waals surface area (Å²) < 4.78 is 11.0. The first-order valence-corrected chi connectivity index (χ1v) is 7.49. The van der Waals surface area contributed by atoms with Crippen LogP contribution in [0.4, 0.5) is 0 Å². The monoisotopic (exact) mass is 444 g/mol. The maximum Gasteiger partial charge on any atom is 0.179 e. The van der Waals surface area contributed by atoms with Gasteiger partial charge in [0, 0.05) is 5.56 Å². The quantitative estimate of drug-likeness (QED) is 0.506. The summed E-state index contributed by atoms with van der Waals surface area (Å²) in [5.41, 5.74) is 0.632. The van der Waals surface area contributed by atoms with E-state index >= 15 is 0 Å². The van der Waals surface area contributed by atoms with Crippen LogP contribution in [0.1, 0.15) is 0 Å². The number of benzene rings is 1. The average Bonchev–Trinajstić information content (AvgIpc) is 2.43. The lowest BCUT2D eigenvalue weighted by Crippen LogP contribution is -1.96. The van der Waals surface area contributed by atoms with Gasteiger partial charge in [0.15, 0.2) is 17.3 Å². The van der Waals surface area contributed by atoms with Gasteiger partial charge in [-0.3, -0.25) is 0 Å². The first kappa shape index (κ1) is 15.9. The maximum absolute atomic E-state index is 6.15. The molecule has 8 heteroatoms. The smallest absolute Gasteiger partial charge is 0.179 e. The molecule has 0 aliphatic heterocycles. The van der Waals surface area contributed by atoms with Crippen molar-refractivity contribution in [1.82, 2.24) is 9.97 Å². The van der Waals surface area contributed by atoms with E-state index in [1.165, 1.54) is 14.2 Å². The lowest BCUT2D eigenvalue weighted by atomic mass is 10.2. The van der Waals surface area contributed by atoms with Crippen molar-refractivity contribution in [3.05, 3.63) is 31.0 Å². The van der Waals surface area contributed by atoms with Gasteiger partial charge in [0.05, 0.1) is 22.8 Å². The molecule has 4 nitrogen and oxygen atoms in total. The molecule has 0 amide bonds. The number of hydrogen-bond acceptors (Lipinski definition) is 4. The van der Waals surface area contributed by atoms with Crippen LogP contribution in [0.2, 0.25) is 15.3 Å². The highest BCUT2D eigenvalue weighted by atomic mass is 127. The predicted molar refractivity (Wildman–Crippen MR) is 88.3 cm³/mol. The van der Waals surface area contributed by atoms with E-state index < -0.39 is 0 Å². The minimum Gasteiger partial charge on any atom is -0.493 e. The lowest BCUT2D eigenvalue weighted by molar-refractivity contribution is 0.355. The molecule has 2 aromatic rings. The van der Waals surface area contributed by atoms with Gasteiger partial charge < -0.3 is 9.47 Å². The van der Waals surface area contributed by atoms with Crippen molar-refractivity contribution in [1.29, 1.82) is 0 Å². The van der Waals surface area contributed by atoms with Crippen LogP contribution in [-0.4, -0.2) is 24.2 Å². The second-order valence-corrected chi connectivity index (χ2v) is 5.84. The number of ether oxygens (including phenoxy) is 2. The molecule has 1 aromatic carbocycles. The van der Waals surface area contributed by atoms with Crippen LogP contribution >= 0.6 is 57.4 Å². The molecule has 0 saturated heterocycles. The third-order valence-corrected chi connectivity index (χ3v) is 4.95. The first-order chi connectivity index (χ1) is 9.47. The van der Waals surface area contributed by atoms with E-state index in [0.29, 0.717) is 31.5 Å². The van der Waals surface area contributed by atoms with Crippen LogP contribution in [-0.2, 0) is 0 Å². The van der Waals surface area contributed by atoms with Gasteiger partial charge in [0.2, 0.25) is 0 Å². The molecule has 0 bridgehead atoms. The Morgan fingerprint density at radius 3 is 2.10 bits per heavy atom. The molecule has 0 fully saturated rings. The van der Waals surface area contributed by atoms with Gasteiger partial charge in [-0.05, 0) is 34.7 Å². The fourth-order valence-electron chi connectivity index (χ4n) is 1.57. The van der Waals surface area contributed by atoms with Gasteiger partial charge in [-0.15, -0.1) is 0 Å². The number of halogens is 4. The van der Waals surface area contributed by atoms with Crippen molar-refractivity contribution >= 4 is 57.4 Å². The molecule has 0 aliphatic rings. The van der Waals surface area contributed by atoms with E-state index in [-0.39, 0.29) is 10.3 Å². The molecule has 0 spiro atoms. The van der Waals surface area contributed by atoms with Crippen LogP contribution < -0.4 is 9.47 Å². The normalized spacial score (nSPS) is 10.5. The lowest BCUT2D eigenvalue weighted by Gasteiger charge is -2.11. The van der Waals surface area contributed by atoms with Gasteiger partial charge in [-0.2, -0.15) is 0 Å². The number of hydrogen-bond donors (Lipinski definition) is 0. The van der Waals surface area contributed by atoms with Gasteiger partial charge >= 0.3 is 0 Å². The van der Waals surface area contributed by atoms with E-state index in [0.717, 1.165) is 0 Å². The Hall–Kier alpha value is -0.500. The zero-order valence-electron chi connectivity index (χ0n) is 10.4. The predicted octanol–water partition coefficient (Wildman–Crippen LogP) is 4.73. The summed E-state index contributed by atoms with van der Waals surface area (Å²) in [5.74, 6) is 1.29. The number of nitrogens with zero attached hydrogens (tertiary/aromatic N) is 2. The molecule has 0 saturated carbocycles. The third-order valence-electron chi connectivity index (χ3n) is 2.46. The van der Waals surface area contributed by atoms with E-state index in [1.54, 1.807) is 12.1 Å². The molecule has 0 atom stereocenters. The van der Waals surface area contributed by atoms with Crippen molar-refractivity contribution in [2.75, 3.05) is 14.2 Å². The fourth-order valence-corrected chi connectivity index (χ4v) is 2.49. The number of aromatic nitrogens is 2. The molecule has 20 heavy (non-hydrogen) atoms. The Kier molecular flexibility index (Phi) is 5.17. The minimum absolute atomic E-state index is 0.284. The molecule has 106 valence electrons. The zero-order valence-corrected chi connectivity index (χ0v) is 14.8. The van der Waals surface area contributed by atoms with E-state index in [1.807, 2.05) is 22.6 Å². The highest BCUT2D eigenvalue weighted by Gasteiger charge is 2.16. The average molecular weight is 445 g/mol. The topological polar surface area (TPSA) is 44.2 Å². The van der Waals surface area contributed by atoms with Gasteiger partial charge in [0.1, 0.15) is 10.3 Å². The largest absolute Gasteiger partial charge is 0.493 e. The Bertz CT molecular complexity index is 644. The summed E-state index contributed by atoms with van der Waals surface area (Å²) in [4.78, 5) is 8.37. The molecule has 2 rings (SSSR count). The highest BCUT2D eigenvalue weighted by Crippen LogP contribution is 2.39. The maximum atomic E-state index is 6.15. The Balaban J connectivity index is 2.62. The highest BCUT2D eigenvalue weighted by molar-refractivity contribution is 14.1. The van der Waals surface area contributed by atoms with Gasteiger partial charge in [-0.1, -0.05) is 34.8 Å². The molecule has 1 aromatic heterocycles. The second kappa shape index (κ2) is 6.51. The summed E-state index contributed by atoms with van der Waals surface area (Å²) in [6.45, 7) is 0. The van der Waals surface area contributed by atoms with Crippen molar-refractivity contribution in [2.45, 2.75) is 0 Å². The zero-order chi connectivity index (χ0) is 14.9. The van der Waals surface area contributed by atoms with Crippen LogP contribution in [0.25, 0.3) is 11.4 Å². The van der Waals surface area contributed by atoms with Crippen molar-refractivity contribution in [3.63, 3.8) is 0 Å². The van der Waals surface area contributed by atoms with Crippen molar-refractivity contribution in [2.24, 2.45) is 0 Å². The van der Waals surface area contributed by atoms with Gasteiger partial charge in [0.25, 0.3) is 0 Å². The molecule has 0 unspecified atom stereocenters. The second-order valence-electron chi connectivity index (χ2n) is 3.64. The summed E-state index contributed by atoms with van der Waals surface area (Å²) >= 11 is 20.1. The SMILES string of the molecule is COc1cc(-c2nc(Cl)c(I)c(Cl)n2)cc(Cl)c1OC. The molecule has 0 N–H and O–H groups in total. The third kappa shape index (κ3) is 3.05. The van der Waals surface area contributed by atoms with E-state index in [4.69, 9.17) is 44.3 Å². The van der Waals surface area contributed by atoms with E-state index in [9.17, 15) is 0 Å². The van der Waals surface area contributed by atoms with Crippen LogP contribution in [0.5, 0.6) is 11.5 Å². The summed E-state index contributed by atoms with van der Waals surface area (Å²) in [5, 5.41) is 0.953. The molecule has 0 aliphatic carbocycles. The molecule has 1 heterocycles. The number of methoxy groups -OCH3 is 2. The molecule has 0 radical (unpaired) electrons. The summed E-state index contributed by atoms with van der Waals surface area (Å²) in [6, 6.07) is 3.37. The van der Waals surface area contributed by atoms with Crippen molar-refractivity contribution in [3.8, 4) is 22.9 Å². The van der Waals surface area contributed by atoms with E-state index in [2.05, 4.69) is 9.97 Å². The minimum atomic E-state index is 0.284. The van der Waals surface area contributed by atoms with Gasteiger partial charge in [-0.25, -0.2) is 9.97 Å². The first-order valence-electron chi connectivity index (χ1n) is 5.28. The summed E-state index contributed by atoms with van der Waals surface area (Å²) in [6.07, 6.45) is 0. The molecular formula is C12H8Cl3IN2O2. The van der Waals surface area contributed by atoms with Crippen LogP contribution in [0.15, 0.2) is 12.1 Å². The Labute approximate surface area is 144 Å². The summed E-state index contributed by atoms with van der Waals surface area (Å²) in [7, 11) is 3.03. The Morgan fingerprint density at radius 2 is 1.60 bits per heavy atom. The molecular weight excluding hydrogens is 437 g/mol. The fraction of sp³-hybridized carbons (Fsp3) is 0.167. The van der Waals surface area contributed by atoms with Crippen LogP contribution in [0.3, 0.4) is 0 Å². The standard InChI is InChI=1S/C12H8Cl3IN2O2/c1-19-7-4-5(3-6(13)9(7)20-2)12-17-10(14)8(16)11(15)18-12/h3-4H,1-2H3.